The van der Waals surface area contributed by atoms with Crippen LogP contribution in [0.15, 0.2) is 91.0 Å². The van der Waals surface area contributed by atoms with Gasteiger partial charge >= 0.3 is 11.9 Å². The van der Waals surface area contributed by atoms with Gasteiger partial charge in [-0.2, -0.15) is 0 Å². The molecule has 0 aromatic heterocycles. The number of ether oxygens (including phenoxy) is 1. The maximum Gasteiger partial charge on any atom is 0.325 e. The molecule has 0 radical (unpaired) electrons. The van der Waals surface area contributed by atoms with Crippen LogP contribution < -0.4 is 5.32 Å². The molecule has 1 atom stereocenters. The average molecular weight is 418 g/mol. The smallest absolute Gasteiger partial charge is 0.325 e. The number of benzene rings is 3. The number of hydrogen-bond donors (Lipinski definition) is 2. The molecule has 0 aliphatic heterocycles. The number of rotatable bonds is 10. The number of carbonyl (C=O) groups is 2. The topological polar surface area (TPSA) is 75.6 Å². The lowest BCUT2D eigenvalue weighted by Crippen LogP contribution is -2.45. The molecule has 0 aliphatic rings. The molecule has 0 bridgehead atoms. The summed E-state index contributed by atoms with van der Waals surface area (Å²) in [5.41, 5.74) is 1.13. The minimum atomic E-state index is -1.22. The lowest BCUT2D eigenvalue weighted by Gasteiger charge is -2.36. The van der Waals surface area contributed by atoms with Crippen LogP contribution in [0.4, 0.5) is 0 Å². The van der Waals surface area contributed by atoms with E-state index in [4.69, 9.17) is 4.74 Å². The van der Waals surface area contributed by atoms with Crippen molar-refractivity contribution in [2.75, 3.05) is 6.54 Å². The predicted octanol–water partition coefficient (Wildman–Crippen LogP) is 4.36. The molecular weight excluding hydrogens is 390 g/mol. The summed E-state index contributed by atoms with van der Waals surface area (Å²) in [4.78, 5) is 24.8. The summed E-state index contributed by atoms with van der Waals surface area (Å²) in [6.07, 6.45) is 0.415. The third-order valence-electron chi connectivity index (χ3n) is 5.10. The van der Waals surface area contributed by atoms with Gasteiger partial charge in [0.15, 0.2) is 5.60 Å². The van der Waals surface area contributed by atoms with E-state index in [0.29, 0.717) is 6.54 Å². The predicted molar refractivity (Wildman–Crippen MR) is 120 cm³/mol. The van der Waals surface area contributed by atoms with E-state index >= 15 is 0 Å². The second kappa shape index (κ2) is 10.5. The van der Waals surface area contributed by atoms with E-state index in [1.165, 1.54) is 0 Å². The van der Waals surface area contributed by atoms with E-state index < -0.39 is 23.6 Å². The molecule has 31 heavy (non-hydrogen) atoms. The normalized spacial score (nSPS) is 12.2. The number of nitrogens with one attached hydrogen (secondary N) is 1. The van der Waals surface area contributed by atoms with Crippen molar-refractivity contribution in [1.29, 1.82) is 0 Å². The summed E-state index contributed by atoms with van der Waals surface area (Å²) in [5, 5.41) is 12.4. The van der Waals surface area contributed by atoms with E-state index in [-0.39, 0.29) is 6.42 Å². The summed E-state index contributed by atoms with van der Waals surface area (Å²) < 4.78 is 6.29. The van der Waals surface area contributed by atoms with Gasteiger partial charge in [0.05, 0.1) is 6.42 Å². The Morgan fingerprint density at radius 2 is 1.26 bits per heavy atom. The zero-order valence-corrected chi connectivity index (χ0v) is 17.5. The van der Waals surface area contributed by atoms with Gasteiger partial charge in [-0.15, -0.1) is 0 Å². The van der Waals surface area contributed by atoms with E-state index in [1.807, 2.05) is 97.9 Å². The van der Waals surface area contributed by atoms with Crippen LogP contribution in [-0.4, -0.2) is 29.6 Å². The van der Waals surface area contributed by atoms with Gasteiger partial charge < -0.3 is 15.2 Å². The highest BCUT2D eigenvalue weighted by Crippen LogP contribution is 2.40. The van der Waals surface area contributed by atoms with Crippen LogP contribution in [0.5, 0.6) is 0 Å². The molecule has 0 saturated heterocycles. The first kappa shape index (κ1) is 22.2. The van der Waals surface area contributed by atoms with Gasteiger partial charge in [0.2, 0.25) is 0 Å². The highest BCUT2D eigenvalue weighted by molar-refractivity contribution is 5.83. The van der Waals surface area contributed by atoms with Crippen molar-refractivity contribution in [2.45, 2.75) is 31.4 Å². The maximum atomic E-state index is 13.4. The quantitative estimate of drug-likeness (QED) is 0.379. The zero-order chi connectivity index (χ0) is 22.1. The molecule has 0 heterocycles. The third kappa shape index (κ3) is 5.19. The molecule has 0 aliphatic carbocycles. The maximum absolute atomic E-state index is 13.4. The molecule has 5 heteroatoms. The van der Waals surface area contributed by atoms with Gasteiger partial charge in [-0.25, -0.2) is 0 Å². The summed E-state index contributed by atoms with van der Waals surface area (Å²) in [7, 11) is 0. The molecule has 0 amide bonds. The Labute approximate surface area is 182 Å². The van der Waals surface area contributed by atoms with Crippen LogP contribution >= 0.6 is 0 Å². The molecule has 2 N–H and O–H groups in total. The molecule has 3 aromatic carbocycles. The third-order valence-corrected chi connectivity index (χ3v) is 5.10. The van der Waals surface area contributed by atoms with Crippen molar-refractivity contribution in [3.8, 4) is 0 Å². The Bertz CT molecular complexity index is 877. The molecule has 0 fully saturated rings. The van der Waals surface area contributed by atoms with Gasteiger partial charge in [0.1, 0.15) is 6.04 Å². The molecule has 5 nitrogen and oxygen atoms in total. The molecule has 0 spiro atoms. The second-order valence-electron chi connectivity index (χ2n) is 7.30. The van der Waals surface area contributed by atoms with Crippen molar-refractivity contribution in [3.05, 3.63) is 108 Å². The lowest BCUT2D eigenvalue weighted by molar-refractivity contribution is -0.158. The highest BCUT2D eigenvalue weighted by atomic mass is 16.6. The average Bonchev–Trinajstić information content (AvgIpc) is 2.81. The number of esters is 1. The Morgan fingerprint density at radius 1 is 0.839 bits per heavy atom. The first-order valence-corrected chi connectivity index (χ1v) is 10.4. The Balaban J connectivity index is 2.15. The fraction of sp³-hybridized carbons (Fsp3) is 0.231. The highest BCUT2D eigenvalue weighted by Gasteiger charge is 2.42. The van der Waals surface area contributed by atoms with Crippen LogP contribution in [0.3, 0.4) is 0 Å². The number of carbonyl (C=O) groups excluding carboxylic acids is 1. The summed E-state index contributed by atoms with van der Waals surface area (Å²) >= 11 is 0. The minimum absolute atomic E-state index is 0.354. The summed E-state index contributed by atoms with van der Waals surface area (Å²) in [6, 6.07) is 27.6. The lowest BCUT2D eigenvalue weighted by atomic mass is 9.80. The van der Waals surface area contributed by atoms with Crippen molar-refractivity contribution in [3.63, 3.8) is 0 Å². The zero-order valence-electron chi connectivity index (χ0n) is 17.5. The van der Waals surface area contributed by atoms with E-state index in [9.17, 15) is 14.7 Å². The number of hydrogen-bond acceptors (Lipinski definition) is 4. The molecule has 3 rings (SSSR count). The summed E-state index contributed by atoms with van der Waals surface area (Å²) in [5.74, 6) is -1.66. The van der Waals surface area contributed by atoms with Crippen LogP contribution in [0.25, 0.3) is 0 Å². The van der Waals surface area contributed by atoms with E-state index in [0.717, 1.165) is 23.1 Å². The van der Waals surface area contributed by atoms with Crippen molar-refractivity contribution >= 4 is 11.9 Å². The number of carboxylic acids is 1. The number of carboxylic acid groups (broad SMARTS) is 1. The Kier molecular flexibility index (Phi) is 7.57. The van der Waals surface area contributed by atoms with Gasteiger partial charge in [0.25, 0.3) is 0 Å². The molecular formula is C26H27NO4. The summed E-state index contributed by atoms with van der Waals surface area (Å²) in [6.45, 7) is 2.47. The monoisotopic (exact) mass is 417 g/mol. The SMILES string of the molecule is CCCN[C@@H](CC(=O)O)C(=O)OC(c1ccccc1)(c1ccccc1)c1ccccc1. The van der Waals surface area contributed by atoms with Crippen LogP contribution in [0.2, 0.25) is 0 Å². The first-order valence-electron chi connectivity index (χ1n) is 10.4. The number of aliphatic carboxylic acids is 1. The molecule has 0 unspecified atom stereocenters. The molecule has 3 aromatic rings. The van der Waals surface area contributed by atoms with Crippen molar-refractivity contribution in [1.82, 2.24) is 5.32 Å². The van der Waals surface area contributed by atoms with Crippen LogP contribution in [0, 0.1) is 0 Å². The standard InChI is InChI=1S/C26H27NO4/c1-2-18-27-23(19-24(28)29)25(30)31-26(20-12-6-3-7-13-20,21-14-8-4-9-15-21)22-16-10-5-11-17-22/h3-17,23,27H,2,18-19H2,1H3,(H,28,29)/t23-/m0/s1. The van der Waals surface area contributed by atoms with Crippen LogP contribution in [-0.2, 0) is 19.9 Å². The molecule has 0 saturated carbocycles. The minimum Gasteiger partial charge on any atom is -0.481 e. The van der Waals surface area contributed by atoms with Gasteiger partial charge in [-0.1, -0.05) is 97.9 Å². The first-order chi connectivity index (χ1) is 15.1. The van der Waals surface area contributed by atoms with Crippen molar-refractivity contribution < 1.29 is 19.4 Å². The Morgan fingerprint density at radius 3 is 1.61 bits per heavy atom. The largest absolute Gasteiger partial charge is 0.481 e. The van der Waals surface area contributed by atoms with Gasteiger partial charge in [0, 0.05) is 16.7 Å². The van der Waals surface area contributed by atoms with Crippen molar-refractivity contribution in [2.24, 2.45) is 0 Å². The van der Waals surface area contributed by atoms with Gasteiger partial charge in [-0.3, -0.25) is 9.59 Å². The molecule has 160 valence electrons. The fourth-order valence-corrected chi connectivity index (χ4v) is 3.65. The second-order valence-corrected chi connectivity index (χ2v) is 7.30. The van der Waals surface area contributed by atoms with E-state index in [1.54, 1.807) is 0 Å². The fourth-order valence-electron chi connectivity index (χ4n) is 3.65. The van der Waals surface area contributed by atoms with E-state index in [2.05, 4.69) is 5.32 Å². The Hall–Kier alpha value is -3.44. The van der Waals surface area contributed by atoms with Gasteiger partial charge in [-0.05, 0) is 13.0 Å². The van der Waals surface area contributed by atoms with Crippen LogP contribution in [0.1, 0.15) is 36.5 Å².